The van der Waals surface area contributed by atoms with E-state index in [0.29, 0.717) is 25.2 Å². The molecule has 4 nitrogen and oxygen atoms in total. The van der Waals surface area contributed by atoms with Gasteiger partial charge in [-0.15, -0.1) is 0 Å². The van der Waals surface area contributed by atoms with Crippen LogP contribution in [-0.4, -0.2) is 19.0 Å². The lowest BCUT2D eigenvalue weighted by Crippen LogP contribution is -2.34. The molecule has 0 aliphatic heterocycles. The molecule has 0 heterocycles. The van der Waals surface area contributed by atoms with E-state index in [1.165, 1.54) is 0 Å². The van der Waals surface area contributed by atoms with Gasteiger partial charge in [-0.1, -0.05) is 32.0 Å². The van der Waals surface area contributed by atoms with Crippen molar-refractivity contribution < 1.29 is 4.79 Å². The molecular weight excluding hydrogens is 226 g/mol. The van der Waals surface area contributed by atoms with E-state index in [1.54, 1.807) is 6.07 Å². The third-order valence-electron chi connectivity index (χ3n) is 2.58. The maximum Gasteiger partial charge on any atom is 0.222 e. The minimum absolute atomic E-state index is 0.0179. The van der Waals surface area contributed by atoms with E-state index in [4.69, 9.17) is 5.26 Å². The van der Waals surface area contributed by atoms with Crippen molar-refractivity contribution in [3.63, 3.8) is 0 Å². The highest BCUT2D eigenvalue weighted by Gasteiger charge is 2.04. The zero-order chi connectivity index (χ0) is 13.4. The number of carbonyl (C=O) groups is 1. The quantitative estimate of drug-likeness (QED) is 0.745. The molecule has 0 unspecified atom stereocenters. The fourth-order valence-electron chi connectivity index (χ4n) is 1.48. The summed E-state index contributed by atoms with van der Waals surface area (Å²) < 4.78 is 0. The third kappa shape index (κ3) is 4.56. The number of hydrogen-bond acceptors (Lipinski definition) is 3. The first-order chi connectivity index (χ1) is 8.65. The summed E-state index contributed by atoms with van der Waals surface area (Å²) in [5.74, 6) is 0.0820. The molecular formula is C14H19N3O. The molecule has 18 heavy (non-hydrogen) atoms. The molecule has 0 spiro atoms. The first kappa shape index (κ1) is 14.2. The van der Waals surface area contributed by atoms with Crippen LogP contribution < -0.4 is 10.6 Å². The van der Waals surface area contributed by atoms with Gasteiger partial charge in [-0.25, -0.2) is 0 Å². The van der Waals surface area contributed by atoms with Crippen molar-refractivity contribution in [2.24, 2.45) is 5.92 Å². The predicted molar refractivity (Wildman–Crippen MR) is 70.7 cm³/mol. The van der Waals surface area contributed by atoms with E-state index in [1.807, 2.05) is 32.0 Å². The number of amides is 1. The zero-order valence-electron chi connectivity index (χ0n) is 10.9. The molecule has 0 saturated carbocycles. The Morgan fingerprint density at radius 3 is 2.72 bits per heavy atom. The van der Waals surface area contributed by atoms with Gasteiger partial charge in [-0.3, -0.25) is 4.79 Å². The maximum absolute atomic E-state index is 11.3. The van der Waals surface area contributed by atoms with Crippen LogP contribution in [0.3, 0.4) is 0 Å². The van der Waals surface area contributed by atoms with E-state index in [0.717, 1.165) is 5.56 Å². The van der Waals surface area contributed by atoms with Gasteiger partial charge >= 0.3 is 0 Å². The van der Waals surface area contributed by atoms with Crippen molar-refractivity contribution in [1.82, 2.24) is 10.6 Å². The monoisotopic (exact) mass is 245 g/mol. The summed E-state index contributed by atoms with van der Waals surface area (Å²) in [6.45, 7) is 5.67. The molecule has 0 aromatic heterocycles. The van der Waals surface area contributed by atoms with Crippen LogP contribution in [0.25, 0.3) is 0 Å². The Labute approximate surface area is 108 Å². The largest absolute Gasteiger partial charge is 0.355 e. The maximum atomic E-state index is 11.3. The summed E-state index contributed by atoms with van der Waals surface area (Å²) >= 11 is 0. The van der Waals surface area contributed by atoms with Gasteiger partial charge < -0.3 is 10.6 Å². The average molecular weight is 245 g/mol. The van der Waals surface area contributed by atoms with Gasteiger partial charge in [0.1, 0.15) is 0 Å². The van der Waals surface area contributed by atoms with Crippen LogP contribution >= 0.6 is 0 Å². The average Bonchev–Trinajstić information content (AvgIpc) is 2.38. The van der Waals surface area contributed by atoms with Crippen molar-refractivity contribution in [1.29, 1.82) is 5.26 Å². The molecule has 0 aliphatic rings. The molecule has 0 saturated heterocycles. The van der Waals surface area contributed by atoms with Crippen LogP contribution in [-0.2, 0) is 11.3 Å². The molecule has 2 N–H and O–H groups in total. The van der Waals surface area contributed by atoms with Gasteiger partial charge in [0, 0.05) is 25.6 Å². The Hall–Kier alpha value is -1.86. The molecule has 0 fully saturated rings. The van der Waals surface area contributed by atoms with Crippen molar-refractivity contribution in [3.05, 3.63) is 35.4 Å². The number of benzene rings is 1. The van der Waals surface area contributed by atoms with E-state index in [2.05, 4.69) is 16.7 Å². The second-order valence-corrected chi connectivity index (χ2v) is 4.39. The predicted octanol–water partition coefficient (Wildman–Crippen LogP) is 1.42. The Kier molecular flexibility index (Phi) is 5.89. The second kappa shape index (κ2) is 7.46. The number of nitrogens with one attached hydrogen (secondary N) is 2. The molecule has 1 aromatic rings. The number of rotatable bonds is 6. The van der Waals surface area contributed by atoms with E-state index in [-0.39, 0.29) is 11.8 Å². The van der Waals surface area contributed by atoms with Gasteiger partial charge in [-0.05, 0) is 11.6 Å². The zero-order valence-corrected chi connectivity index (χ0v) is 10.9. The fourth-order valence-corrected chi connectivity index (χ4v) is 1.48. The van der Waals surface area contributed by atoms with Crippen LogP contribution in [0, 0.1) is 17.2 Å². The second-order valence-electron chi connectivity index (χ2n) is 4.39. The lowest BCUT2D eigenvalue weighted by Gasteiger charge is -2.09. The highest BCUT2D eigenvalue weighted by Crippen LogP contribution is 2.06. The van der Waals surface area contributed by atoms with Gasteiger partial charge in [0.05, 0.1) is 11.6 Å². The van der Waals surface area contributed by atoms with E-state index < -0.39 is 0 Å². The SMILES string of the molecule is CC(C)C(=O)NCCNCc1ccccc1C#N. The lowest BCUT2D eigenvalue weighted by molar-refractivity contribution is -0.123. The third-order valence-corrected chi connectivity index (χ3v) is 2.58. The molecule has 1 amide bonds. The van der Waals surface area contributed by atoms with E-state index in [9.17, 15) is 4.79 Å². The summed E-state index contributed by atoms with van der Waals surface area (Å²) in [6, 6.07) is 9.66. The molecule has 0 radical (unpaired) electrons. The van der Waals surface area contributed by atoms with Crippen molar-refractivity contribution >= 4 is 5.91 Å². The molecule has 0 atom stereocenters. The first-order valence-electron chi connectivity index (χ1n) is 6.11. The minimum Gasteiger partial charge on any atom is -0.355 e. The van der Waals surface area contributed by atoms with Crippen molar-refractivity contribution in [3.8, 4) is 6.07 Å². The smallest absolute Gasteiger partial charge is 0.222 e. The Balaban J connectivity index is 2.26. The summed E-state index contributed by atoms with van der Waals surface area (Å²) in [5, 5.41) is 15.0. The lowest BCUT2D eigenvalue weighted by atomic mass is 10.1. The first-order valence-corrected chi connectivity index (χ1v) is 6.11. The Morgan fingerprint density at radius 2 is 2.06 bits per heavy atom. The molecule has 0 aliphatic carbocycles. The normalized spacial score (nSPS) is 10.1. The number of nitriles is 1. The molecule has 1 aromatic carbocycles. The molecule has 0 bridgehead atoms. The summed E-state index contributed by atoms with van der Waals surface area (Å²) in [5.41, 5.74) is 1.67. The van der Waals surface area contributed by atoms with Gasteiger partial charge in [0.15, 0.2) is 0 Å². The van der Waals surface area contributed by atoms with Gasteiger partial charge in [0.2, 0.25) is 5.91 Å². The fraction of sp³-hybridized carbons (Fsp3) is 0.429. The van der Waals surface area contributed by atoms with E-state index >= 15 is 0 Å². The minimum atomic E-state index is 0.0179. The number of hydrogen-bond donors (Lipinski definition) is 2. The van der Waals surface area contributed by atoms with Crippen LogP contribution in [0.4, 0.5) is 0 Å². The summed E-state index contributed by atoms with van der Waals surface area (Å²) in [7, 11) is 0. The van der Waals surface area contributed by atoms with Crippen LogP contribution in [0.1, 0.15) is 25.0 Å². The van der Waals surface area contributed by atoms with Crippen molar-refractivity contribution in [2.45, 2.75) is 20.4 Å². The molecule has 4 heteroatoms. The molecule has 1 rings (SSSR count). The Morgan fingerprint density at radius 1 is 1.33 bits per heavy atom. The highest BCUT2D eigenvalue weighted by molar-refractivity contribution is 5.77. The Bertz CT molecular complexity index is 435. The summed E-state index contributed by atoms with van der Waals surface area (Å²) in [4.78, 5) is 11.3. The topological polar surface area (TPSA) is 64.9 Å². The highest BCUT2D eigenvalue weighted by atomic mass is 16.1. The standard InChI is InChI=1S/C14H19N3O/c1-11(2)14(18)17-8-7-16-10-13-6-4-3-5-12(13)9-15/h3-6,11,16H,7-8,10H2,1-2H3,(H,17,18). The molecule has 96 valence electrons. The van der Waals surface area contributed by atoms with Gasteiger partial charge in [-0.2, -0.15) is 5.26 Å². The number of nitrogens with zero attached hydrogens (tertiary/aromatic N) is 1. The van der Waals surface area contributed by atoms with Crippen LogP contribution in [0.15, 0.2) is 24.3 Å². The number of carbonyl (C=O) groups excluding carboxylic acids is 1. The van der Waals surface area contributed by atoms with Crippen LogP contribution in [0.5, 0.6) is 0 Å². The summed E-state index contributed by atoms with van der Waals surface area (Å²) in [6.07, 6.45) is 0. The van der Waals surface area contributed by atoms with Crippen LogP contribution in [0.2, 0.25) is 0 Å². The van der Waals surface area contributed by atoms with Gasteiger partial charge in [0.25, 0.3) is 0 Å². The van der Waals surface area contributed by atoms with Crippen molar-refractivity contribution in [2.75, 3.05) is 13.1 Å².